The predicted molar refractivity (Wildman–Crippen MR) is 86.9 cm³/mol. The molecule has 2 aromatic rings. The monoisotopic (exact) mass is 284 g/mol. The van der Waals surface area contributed by atoms with Crippen LogP contribution in [0.25, 0.3) is 0 Å². The van der Waals surface area contributed by atoms with E-state index in [0.29, 0.717) is 6.42 Å². The van der Waals surface area contributed by atoms with Crippen molar-refractivity contribution >= 4 is 0 Å². The highest BCUT2D eigenvalue weighted by molar-refractivity contribution is 5.36. The predicted octanol–water partition coefficient (Wildman–Crippen LogP) is 4.10. The molecule has 1 N–H and O–H groups in total. The molecule has 2 nitrogen and oxygen atoms in total. The molecule has 0 fully saturated rings. The van der Waals surface area contributed by atoms with E-state index in [2.05, 4.69) is 32.0 Å². The van der Waals surface area contributed by atoms with Gasteiger partial charge in [-0.05, 0) is 47.2 Å². The summed E-state index contributed by atoms with van der Waals surface area (Å²) >= 11 is 0. The van der Waals surface area contributed by atoms with E-state index in [1.54, 1.807) is 7.11 Å². The van der Waals surface area contributed by atoms with Gasteiger partial charge in [-0.3, -0.25) is 0 Å². The van der Waals surface area contributed by atoms with Crippen molar-refractivity contribution in [3.63, 3.8) is 0 Å². The summed E-state index contributed by atoms with van der Waals surface area (Å²) in [6.07, 6.45) is 2.06. The maximum Gasteiger partial charge on any atom is 0.119 e. The molecule has 2 heteroatoms. The van der Waals surface area contributed by atoms with Crippen molar-refractivity contribution in [1.29, 1.82) is 0 Å². The zero-order chi connectivity index (χ0) is 15.2. The topological polar surface area (TPSA) is 29.5 Å². The molecule has 1 unspecified atom stereocenters. The van der Waals surface area contributed by atoms with Crippen molar-refractivity contribution in [2.75, 3.05) is 7.11 Å². The lowest BCUT2D eigenvalue weighted by atomic mass is 9.93. The summed E-state index contributed by atoms with van der Waals surface area (Å²) in [5.41, 5.74) is 4.64. The fourth-order valence-corrected chi connectivity index (χ4v) is 2.63. The van der Waals surface area contributed by atoms with Crippen LogP contribution in [0.1, 0.15) is 42.2 Å². The van der Waals surface area contributed by atoms with Crippen LogP contribution in [0.4, 0.5) is 0 Å². The molecule has 0 saturated heterocycles. The van der Waals surface area contributed by atoms with Crippen molar-refractivity contribution in [3.8, 4) is 5.75 Å². The molecule has 0 amide bonds. The van der Waals surface area contributed by atoms with Crippen molar-refractivity contribution in [2.24, 2.45) is 0 Å². The van der Waals surface area contributed by atoms with E-state index < -0.39 is 6.10 Å². The number of aliphatic hydroxyl groups is 1. The minimum absolute atomic E-state index is 0.474. The van der Waals surface area contributed by atoms with Crippen LogP contribution in [-0.4, -0.2) is 12.2 Å². The lowest BCUT2D eigenvalue weighted by Gasteiger charge is -2.17. The Bertz CT molecular complexity index is 590. The zero-order valence-electron chi connectivity index (χ0n) is 13.1. The van der Waals surface area contributed by atoms with Crippen LogP contribution < -0.4 is 4.74 Å². The van der Waals surface area contributed by atoms with Gasteiger partial charge >= 0.3 is 0 Å². The van der Waals surface area contributed by atoms with Crippen LogP contribution in [0.5, 0.6) is 5.75 Å². The number of hydrogen-bond acceptors (Lipinski definition) is 2. The number of hydrogen-bond donors (Lipinski definition) is 1. The third kappa shape index (κ3) is 3.85. The average molecular weight is 284 g/mol. The van der Waals surface area contributed by atoms with Crippen LogP contribution >= 0.6 is 0 Å². The summed E-state index contributed by atoms with van der Waals surface area (Å²) in [6, 6.07) is 14.3. The zero-order valence-corrected chi connectivity index (χ0v) is 13.1. The van der Waals surface area contributed by atoms with Crippen molar-refractivity contribution in [1.82, 2.24) is 0 Å². The van der Waals surface area contributed by atoms with Crippen LogP contribution in [0, 0.1) is 0 Å². The maximum atomic E-state index is 10.6. The second kappa shape index (κ2) is 7.28. The fourth-order valence-electron chi connectivity index (χ4n) is 2.63. The molecule has 112 valence electrons. The second-order valence-corrected chi connectivity index (χ2v) is 5.31. The largest absolute Gasteiger partial charge is 0.497 e. The van der Waals surface area contributed by atoms with E-state index >= 15 is 0 Å². The quantitative estimate of drug-likeness (QED) is 0.865. The lowest BCUT2D eigenvalue weighted by molar-refractivity contribution is 0.177. The first-order valence-corrected chi connectivity index (χ1v) is 7.60. The Kier molecular flexibility index (Phi) is 5.40. The number of methoxy groups -OCH3 is 1. The molecule has 0 aliphatic carbocycles. The summed E-state index contributed by atoms with van der Waals surface area (Å²) in [4.78, 5) is 0. The molecule has 0 heterocycles. The maximum absolute atomic E-state index is 10.6. The molecular formula is C19H24O2. The van der Waals surface area contributed by atoms with Gasteiger partial charge in [0.05, 0.1) is 13.2 Å². The molecule has 21 heavy (non-hydrogen) atoms. The third-order valence-corrected chi connectivity index (χ3v) is 3.92. The molecule has 0 radical (unpaired) electrons. The van der Waals surface area contributed by atoms with E-state index in [4.69, 9.17) is 4.74 Å². The lowest BCUT2D eigenvalue weighted by Crippen LogP contribution is -2.06. The minimum atomic E-state index is -0.474. The van der Waals surface area contributed by atoms with Crippen LogP contribution in [0.15, 0.2) is 42.5 Å². The smallest absolute Gasteiger partial charge is 0.119 e. The molecule has 0 spiro atoms. The summed E-state index contributed by atoms with van der Waals surface area (Å²) in [5, 5.41) is 10.6. The van der Waals surface area contributed by atoms with Gasteiger partial charge in [0.2, 0.25) is 0 Å². The first-order chi connectivity index (χ1) is 10.2. The van der Waals surface area contributed by atoms with E-state index in [9.17, 15) is 5.11 Å². The molecule has 0 aliphatic rings. The van der Waals surface area contributed by atoms with Gasteiger partial charge in [-0.2, -0.15) is 0 Å². The summed E-state index contributed by atoms with van der Waals surface area (Å²) in [5.74, 6) is 0.831. The van der Waals surface area contributed by atoms with Crippen LogP contribution in [0.2, 0.25) is 0 Å². The standard InChI is InChI=1S/C19H24O2/c1-4-14-9-10-16(5-2)18(12-14)19(20)13-15-7-6-8-17(11-15)21-3/h6-12,19-20H,4-5,13H2,1-3H3. The Hall–Kier alpha value is -1.80. The number of aliphatic hydroxyl groups excluding tert-OH is 1. The Balaban J connectivity index is 2.24. The number of benzene rings is 2. The molecular weight excluding hydrogens is 260 g/mol. The van der Waals surface area contributed by atoms with E-state index in [0.717, 1.165) is 29.7 Å². The second-order valence-electron chi connectivity index (χ2n) is 5.31. The van der Waals surface area contributed by atoms with Crippen molar-refractivity contribution < 1.29 is 9.84 Å². The van der Waals surface area contributed by atoms with Gasteiger partial charge in [0, 0.05) is 6.42 Å². The summed E-state index contributed by atoms with van der Waals surface area (Å²) in [7, 11) is 1.66. The Labute approximate surface area is 127 Å². The van der Waals surface area contributed by atoms with Crippen molar-refractivity contribution in [2.45, 2.75) is 39.2 Å². The number of aryl methyl sites for hydroxylation is 2. The highest BCUT2D eigenvalue weighted by Crippen LogP contribution is 2.25. The normalized spacial score (nSPS) is 12.2. The summed E-state index contributed by atoms with van der Waals surface area (Å²) in [6.45, 7) is 4.27. The highest BCUT2D eigenvalue weighted by Gasteiger charge is 2.13. The van der Waals surface area contributed by atoms with E-state index in [-0.39, 0.29) is 0 Å². The van der Waals surface area contributed by atoms with Gasteiger partial charge in [-0.15, -0.1) is 0 Å². The molecule has 0 aromatic heterocycles. The first kappa shape index (κ1) is 15.6. The molecule has 0 bridgehead atoms. The van der Waals surface area contributed by atoms with E-state index in [1.165, 1.54) is 11.1 Å². The summed E-state index contributed by atoms with van der Waals surface area (Å²) < 4.78 is 5.24. The van der Waals surface area contributed by atoms with Crippen LogP contribution in [0.3, 0.4) is 0 Å². The molecule has 2 aromatic carbocycles. The number of rotatable bonds is 6. The SMILES string of the molecule is CCc1ccc(CC)c(C(O)Cc2cccc(OC)c2)c1. The van der Waals surface area contributed by atoms with Gasteiger partial charge in [-0.25, -0.2) is 0 Å². The average Bonchev–Trinajstić information content (AvgIpc) is 2.54. The van der Waals surface area contributed by atoms with Crippen molar-refractivity contribution in [3.05, 3.63) is 64.7 Å². The molecule has 2 rings (SSSR count). The molecule has 0 aliphatic heterocycles. The first-order valence-electron chi connectivity index (χ1n) is 7.60. The van der Waals surface area contributed by atoms with E-state index in [1.807, 2.05) is 24.3 Å². The fraction of sp³-hybridized carbons (Fsp3) is 0.368. The van der Waals surface area contributed by atoms with Gasteiger partial charge in [0.15, 0.2) is 0 Å². The minimum Gasteiger partial charge on any atom is -0.497 e. The third-order valence-electron chi connectivity index (χ3n) is 3.92. The Morgan fingerprint density at radius 1 is 1.00 bits per heavy atom. The molecule has 0 saturated carbocycles. The molecule has 1 atom stereocenters. The Morgan fingerprint density at radius 2 is 1.81 bits per heavy atom. The van der Waals surface area contributed by atoms with Gasteiger partial charge in [0.25, 0.3) is 0 Å². The Morgan fingerprint density at radius 3 is 2.48 bits per heavy atom. The van der Waals surface area contributed by atoms with Gasteiger partial charge in [-0.1, -0.05) is 44.2 Å². The van der Waals surface area contributed by atoms with Gasteiger partial charge < -0.3 is 9.84 Å². The highest BCUT2D eigenvalue weighted by atomic mass is 16.5. The van der Waals surface area contributed by atoms with Crippen LogP contribution in [-0.2, 0) is 19.3 Å². The van der Waals surface area contributed by atoms with Gasteiger partial charge in [0.1, 0.15) is 5.75 Å². The number of ether oxygens (including phenoxy) is 1.